The summed E-state index contributed by atoms with van der Waals surface area (Å²) in [6, 6.07) is 16.1. The Morgan fingerprint density at radius 3 is 2.54 bits per heavy atom. The van der Waals surface area contributed by atoms with Crippen molar-refractivity contribution in [2.24, 2.45) is 5.73 Å². The topological polar surface area (TPSA) is 84.6 Å². The van der Waals surface area contributed by atoms with Crippen molar-refractivity contribution in [1.82, 2.24) is 5.32 Å². The van der Waals surface area contributed by atoms with Gasteiger partial charge in [0.05, 0.1) is 13.2 Å². The maximum atomic E-state index is 11.7. The summed E-state index contributed by atoms with van der Waals surface area (Å²) in [6.45, 7) is 0.452. The molecule has 0 unspecified atom stereocenters. The second-order valence-electron chi connectivity index (χ2n) is 6.25. The van der Waals surface area contributed by atoms with E-state index in [1.54, 1.807) is 7.11 Å². The second kappa shape index (κ2) is 6.63. The number of aliphatic hydroxyl groups is 1. The number of primary amides is 1. The van der Waals surface area contributed by atoms with E-state index in [1.165, 1.54) is 0 Å². The summed E-state index contributed by atoms with van der Waals surface area (Å²) in [4.78, 5) is 11.7. The molecule has 126 valence electrons. The van der Waals surface area contributed by atoms with E-state index in [1.807, 2.05) is 48.5 Å². The van der Waals surface area contributed by atoms with Crippen molar-refractivity contribution in [1.29, 1.82) is 0 Å². The SMILES string of the molecule is COc1cc(-c2ccccc2)ccc1CNC1(C(N)=O)CC(O)C1. The number of carbonyl (C=O) groups excluding carboxylic acids is 1. The number of hydrogen-bond donors (Lipinski definition) is 3. The molecule has 5 heteroatoms. The first-order valence-electron chi connectivity index (χ1n) is 7.99. The molecule has 0 aliphatic heterocycles. The molecule has 1 amide bonds. The number of benzene rings is 2. The number of carbonyl (C=O) groups is 1. The number of rotatable bonds is 6. The van der Waals surface area contributed by atoms with Crippen molar-refractivity contribution in [3.63, 3.8) is 0 Å². The minimum atomic E-state index is -0.817. The van der Waals surface area contributed by atoms with Gasteiger partial charge in [-0.2, -0.15) is 0 Å². The zero-order valence-corrected chi connectivity index (χ0v) is 13.7. The van der Waals surface area contributed by atoms with Gasteiger partial charge in [-0.25, -0.2) is 0 Å². The van der Waals surface area contributed by atoms with Gasteiger partial charge in [0.1, 0.15) is 11.3 Å². The van der Waals surface area contributed by atoms with Crippen LogP contribution < -0.4 is 15.8 Å². The highest BCUT2D eigenvalue weighted by atomic mass is 16.5. The van der Waals surface area contributed by atoms with Crippen molar-refractivity contribution in [3.05, 3.63) is 54.1 Å². The first kappa shape index (κ1) is 16.5. The first-order valence-corrected chi connectivity index (χ1v) is 7.99. The highest BCUT2D eigenvalue weighted by molar-refractivity contribution is 5.86. The van der Waals surface area contributed by atoms with Gasteiger partial charge in [-0.15, -0.1) is 0 Å². The van der Waals surface area contributed by atoms with Crippen molar-refractivity contribution >= 4 is 5.91 Å². The molecule has 4 N–H and O–H groups in total. The molecule has 5 nitrogen and oxygen atoms in total. The van der Waals surface area contributed by atoms with E-state index in [0.29, 0.717) is 19.4 Å². The van der Waals surface area contributed by atoms with Crippen LogP contribution in [-0.4, -0.2) is 29.8 Å². The summed E-state index contributed by atoms with van der Waals surface area (Å²) >= 11 is 0. The zero-order chi connectivity index (χ0) is 17.2. The Labute approximate surface area is 141 Å². The number of methoxy groups -OCH3 is 1. The van der Waals surface area contributed by atoms with Gasteiger partial charge in [-0.3, -0.25) is 10.1 Å². The monoisotopic (exact) mass is 326 g/mol. The van der Waals surface area contributed by atoms with E-state index in [-0.39, 0.29) is 0 Å². The summed E-state index contributed by atoms with van der Waals surface area (Å²) in [5, 5.41) is 12.7. The number of nitrogens with one attached hydrogen (secondary N) is 1. The first-order chi connectivity index (χ1) is 11.5. The molecule has 2 aromatic carbocycles. The Hall–Kier alpha value is -2.37. The maximum absolute atomic E-state index is 11.7. The van der Waals surface area contributed by atoms with Crippen LogP contribution in [0, 0.1) is 0 Å². The Morgan fingerprint density at radius 2 is 1.96 bits per heavy atom. The number of amides is 1. The normalized spacial score (nSPS) is 22.7. The maximum Gasteiger partial charge on any atom is 0.237 e. The molecule has 0 bridgehead atoms. The summed E-state index contributed by atoms with van der Waals surface area (Å²) < 4.78 is 5.50. The molecule has 1 aliphatic rings. The van der Waals surface area contributed by atoms with Crippen molar-refractivity contribution < 1.29 is 14.6 Å². The molecule has 0 atom stereocenters. The smallest absolute Gasteiger partial charge is 0.237 e. The van der Waals surface area contributed by atoms with Gasteiger partial charge in [-0.05, 0) is 17.2 Å². The molecule has 0 radical (unpaired) electrons. The van der Waals surface area contributed by atoms with Gasteiger partial charge < -0.3 is 15.6 Å². The third-order valence-corrected chi connectivity index (χ3v) is 4.65. The standard InChI is InChI=1S/C19H22N2O3/c1-24-17-9-14(13-5-3-2-4-6-13)7-8-15(17)12-21-19(18(20)23)10-16(22)11-19/h2-9,16,21-22H,10-12H2,1H3,(H2,20,23). The van der Waals surface area contributed by atoms with Gasteiger partial charge >= 0.3 is 0 Å². The molecule has 1 saturated carbocycles. The van der Waals surface area contributed by atoms with Crippen molar-refractivity contribution in [2.45, 2.75) is 31.0 Å². The van der Waals surface area contributed by atoms with Crippen LogP contribution >= 0.6 is 0 Å². The quantitative estimate of drug-likeness (QED) is 0.756. The zero-order valence-electron chi connectivity index (χ0n) is 13.7. The number of ether oxygens (including phenoxy) is 1. The lowest BCUT2D eigenvalue weighted by Crippen LogP contribution is -2.64. The van der Waals surface area contributed by atoms with Crippen LogP contribution in [0.4, 0.5) is 0 Å². The lowest BCUT2D eigenvalue weighted by molar-refractivity contribution is -0.133. The number of aliphatic hydroxyl groups excluding tert-OH is 1. The largest absolute Gasteiger partial charge is 0.496 e. The van der Waals surface area contributed by atoms with Crippen LogP contribution in [-0.2, 0) is 11.3 Å². The minimum absolute atomic E-state index is 0.354. The Bertz CT molecular complexity index is 725. The molecule has 0 spiro atoms. The minimum Gasteiger partial charge on any atom is -0.496 e. The van der Waals surface area contributed by atoms with E-state index in [9.17, 15) is 9.90 Å². The molecule has 0 saturated heterocycles. The van der Waals surface area contributed by atoms with Crippen LogP contribution in [0.15, 0.2) is 48.5 Å². The third-order valence-electron chi connectivity index (χ3n) is 4.65. The van der Waals surface area contributed by atoms with Crippen LogP contribution in [0.25, 0.3) is 11.1 Å². The van der Waals surface area contributed by atoms with Gasteiger partial charge in [0, 0.05) is 24.9 Å². The van der Waals surface area contributed by atoms with E-state index in [0.717, 1.165) is 22.4 Å². The molecule has 24 heavy (non-hydrogen) atoms. The lowest BCUT2D eigenvalue weighted by atomic mass is 9.73. The Kier molecular flexibility index (Phi) is 4.55. The average Bonchev–Trinajstić information content (AvgIpc) is 2.58. The Balaban J connectivity index is 1.78. The van der Waals surface area contributed by atoms with Gasteiger partial charge in [0.15, 0.2) is 0 Å². The van der Waals surface area contributed by atoms with Gasteiger partial charge in [-0.1, -0.05) is 42.5 Å². The van der Waals surface area contributed by atoms with Gasteiger partial charge in [0.2, 0.25) is 5.91 Å². The van der Waals surface area contributed by atoms with Crippen LogP contribution in [0.1, 0.15) is 18.4 Å². The Morgan fingerprint density at radius 1 is 1.25 bits per heavy atom. The second-order valence-corrected chi connectivity index (χ2v) is 6.25. The fourth-order valence-electron chi connectivity index (χ4n) is 3.14. The summed E-state index contributed by atoms with van der Waals surface area (Å²) in [5.41, 5.74) is 7.80. The van der Waals surface area contributed by atoms with E-state index >= 15 is 0 Å². The van der Waals surface area contributed by atoms with E-state index < -0.39 is 17.6 Å². The van der Waals surface area contributed by atoms with Crippen molar-refractivity contribution in [3.8, 4) is 16.9 Å². The van der Waals surface area contributed by atoms with Crippen LogP contribution in [0.2, 0.25) is 0 Å². The predicted molar refractivity (Wildman–Crippen MR) is 92.4 cm³/mol. The van der Waals surface area contributed by atoms with E-state index in [4.69, 9.17) is 10.5 Å². The molecule has 1 fully saturated rings. The molecular weight excluding hydrogens is 304 g/mol. The van der Waals surface area contributed by atoms with Crippen molar-refractivity contribution in [2.75, 3.05) is 7.11 Å². The van der Waals surface area contributed by atoms with E-state index in [2.05, 4.69) is 5.32 Å². The summed E-state index contributed by atoms with van der Waals surface area (Å²) in [7, 11) is 1.63. The predicted octanol–water partition coefficient (Wildman–Crippen LogP) is 1.83. The fraction of sp³-hybridized carbons (Fsp3) is 0.316. The molecule has 0 aromatic heterocycles. The molecule has 3 rings (SSSR count). The molecular formula is C19H22N2O3. The fourth-order valence-corrected chi connectivity index (χ4v) is 3.14. The lowest BCUT2D eigenvalue weighted by Gasteiger charge is -2.43. The third kappa shape index (κ3) is 3.13. The summed E-state index contributed by atoms with van der Waals surface area (Å²) in [6.07, 6.45) is 0.242. The average molecular weight is 326 g/mol. The highest BCUT2D eigenvalue weighted by Crippen LogP contribution is 2.33. The highest BCUT2D eigenvalue weighted by Gasteiger charge is 2.48. The molecule has 2 aromatic rings. The van der Waals surface area contributed by atoms with Crippen LogP contribution in [0.3, 0.4) is 0 Å². The summed E-state index contributed by atoms with van der Waals surface area (Å²) in [5.74, 6) is 0.330. The molecule has 1 aliphatic carbocycles. The number of nitrogens with two attached hydrogens (primary N) is 1. The number of hydrogen-bond acceptors (Lipinski definition) is 4. The molecule has 0 heterocycles. The van der Waals surface area contributed by atoms with Crippen LogP contribution in [0.5, 0.6) is 5.75 Å². The van der Waals surface area contributed by atoms with Gasteiger partial charge in [0.25, 0.3) is 0 Å².